The van der Waals surface area contributed by atoms with Gasteiger partial charge in [-0.05, 0) is 79.8 Å². The predicted molar refractivity (Wildman–Crippen MR) is 102 cm³/mol. The van der Waals surface area contributed by atoms with E-state index in [0.717, 1.165) is 36.0 Å². The second kappa shape index (κ2) is 7.30. The number of hydrogen-bond donors (Lipinski definition) is 1. The molecule has 2 aromatic carbocycles. The van der Waals surface area contributed by atoms with Crippen molar-refractivity contribution in [2.75, 3.05) is 0 Å². The molecule has 0 unspecified atom stereocenters. The summed E-state index contributed by atoms with van der Waals surface area (Å²) in [5.41, 5.74) is 5.60. The molecule has 0 fully saturated rings. The van der Waals surface area contributed by atoms with Gasteiger partial charge in [-0.1, -0.05) is 37.3 Å². The third-order valence-corrected chi connectivity index (χ3v) is 6.73. The van der Waals surface area contributed by atoms with Gasteiger partial charge in [0.1, 0.15) is 0 Å². The Morgan fingerprint density at radius 1 is 1.00 bits per heavy atom. The lowest BCUT2D eigenvalue weighted by Gasteiger charge is -2.22. The second-order valence-electron chi connectivity index (χ2n) is 7.09. The lowest BCUT2D eigenvalue weighted by molar-refractivity contribution is 0.548. The summed E-state index contributed by atoms with van der Waals surface area (Å²) < 4.78 is 28.8. The molecule has 1 aliphatic rings. The maximum absolute atomic E-state index is 12.9. The van der Waals surface area contributed by atoms with Crippen molar-refractivity contribution in [2.24, 2.45) is 0 Å². The molecule has 4 heteroatoms. The molecule has 1 atom stereocenters. The van der Waals surface area contributed by atoms with Crippen LogP contribution in [0.5, 0.6) is 0 Å². The molecule has 0 saturated carbocycles. The van der Waals surface area contributed by atoms with Gasteiger partial charge in [-0.15, -0.1) is 0 Å². The molecule has 134 valence electrons. The SMILES string of the molecule is CC[C@@H](NS(=O)(=O)c1cc(C)ccc1C)c1ccc2c(c1)CCCC2. The van der Waals surface area contributed by atoms with Crippen LogP contribution in [-0.4, -0.2) is 8.42 Å². The molecule has 0 radical (unpaired) electrons. The summed E-state index contributed by atoms with van der Waals surface area (Å²) in [5.74, 6) is 0. The van der Waals surface area contributed by atoms with Crippen LogP contribution in [0.25, 0.3) is 0 Å². The molecule has 3 nitrogen and oxygen atoms in total. The van der Waals surface area contributed by atoms with Crippen molar-refractivity contribution < 1.29 is 8.42 Å². The highest BCUT2D eigenvalue weighted by molar-refractivity contribution is 7.89. The van der Waals surface area contributed by atoms with Gasteiger partial charge in [0, 0.05) is 6.04 Å². The summed E-state index contributed by atoms with van der Waals surface area (Å²) in [6.45, 7) is 5.78. The zero-order valence-corrected chi connectivity index (χ0v) is 16.1. The Balaban J connectivity index is 1.90. The Hall–Kier alpha value is -1.65. The minimum atomic E-state index is -3.54. The Labute approximate surface area is 151 Å². The number of fused-ring (bicyclic) bond motifs is 1. The number of hydrogen-bond acceptors (Lipinski definition) is 2. The van der Waals surface area contributed by atoms with E-state index in [1.165, 1.54) is 24.0 Å². The highest BCUT2D eigenvalue weighted by atomic mass is 32.2. The van der Waals surface area contributed by atoms with Crippen LogP contribution in [0.1, 0.15) is 60.0 Å². The zero-order valence-electron chi connectivity index (χ0n) is 15.3. The van der Waals surface area contributed by atoms with Crippen molar-refractivity contribution in [2.45, 2.75) is 63.8 Å². The van der Waals surface area contributed by atoms with E-state index in [9.17, 15) is 8.42 Å². The fraction of sp³-hybridized carbons (Fsp3) is 0.429. The molecule has 3 rings (SSSR count). The Kier molecular flexibility index (Phi) is 5.30. The topological polar surface area (TPSA) is 46.2 Å². The van der Waals surface area contributed by atoms with Gasteiger partial charge >= 0.3 is 0 Å². The van der Waals surface area contributed by atoms with Crippen LogP contribution in [0.15, 0.2) is 41.3 Å². The van der Waals surface area contributed by atoms with E-state index in [0.29, 0.717) is 4.90 Å². The maximum Gasteiger partial charge on any atom is 0.241 e. The van der Waals surface area contributed by atoms with E-state index in [-0.39, 0.29) is 6.04 Å². The van der Waals surface area contributed by atoms with Gasteiger partial charge in [0.2, 0.25) is 10.0 Å². The van der Waals surface area contributed by atoms with Gasteiger partial charge in [-0.25, -0.2) is 13.1 Å². The van der Waals surface area contributed by atoms with E-state index in [4.69, 9.17) is 0 Å². The summed E-state index contributed by atoms with van der Waals surface area (Å²) in [4.78, 5) is 0.379. The summed E-state index contributed by atoms with van der Waals surface area (Å²) in [6.07, 6.45) is 5.44. The average Bonchev–Trinajstić information content (AvgIpc) is 2.61. The smallest absolute Gasteiger partial charge is 0.207 e. The summed E-state index contributed by atoms with van der Waals surface area (Å²) >= 11 is 0. The van der Waals surface area contributed by atoms with E-state index >= 15 is 0 Å². The molecule has 0 bridgehead atoms. The minimum Gasteiger partial charge on any atom is -0.207 e. The summed E-state index contributed by atoms with van der Waals surface area (Å²) in [5, 5.41) is 0. The first-order valence-corrected chi connectivity index (χ1v) is 10.6. The Morgan fingerprint density at radius 2 is 1.72 bits per heavy atom. The predicted octanol–water partition coefficient (Wildman–Crippen LogP) is 4.61. The number of rotatable bonds is 5. The third kappa shape index (κ3) is 3.96. The van der Waals surface area contributed by atoms with Crippen molar-refractivity contribution >= 4 is 10.0 Å². The van der Waals surface area contributed by atoms with Crippen LogP contribution >= 0.6 is 0 Å². The van der Waals surface area contributed by atoms with Crippen LogP contribution in [0.3, 0.4) is 0 Å². The summed E-state index contributed by atoms with van der Waals surface area (Å²) in [7, 11) is -3.54. The first-order valence-electron chi connectivity index (χ1n) is 9.12. The lowest BCUT2D eigenvalue weighted by atomic mass is 9.89. The molecule has 0 saturated heterocycles. The molecule has 1 N–H and O–H groups in total. The van der Waals surface area contributed by atoms with Crippen LogP contribution in [0.2, 0.25) is 0 Å². The highest BCUT2D eigenvalue weighted by Gasteiger charge is 2.23. The minimum absolute atomic E-state index is 0.197. The number of nitrogens with one attached hydrogen (secondary N) is 1. The standard InChI is InChI=1S/C21H27NO2S/c1-4-20(19-12-11-17-7-5-6-8-18(17)14-19)22-25(23,24)21-13-15(2)9-10-16(21)3/h9-14,20,22H,4-8H2,1-3H3/t20-/m1/s1. The first kappa shape index (κ1) is 18.2. The van der Waals surface area contributed by atoms with E-state index < -0.39 is 10.0 Å². The molecular formula is C21H27NO2S. The monoisotopic (exact) mass is 357 g/mol. The molecule has 25 heavy (non-hydrogen) atoms. The van der Waals surface area contributed by atoms with Gasteiger partial charge < -0.3 is 0 Å². The van der Waals surface area contributed by atoms with Crippen LogP contribution in [0.4, 0.5) is 0 Å². The van der Waals surface area contributed by atoms with Gasteiger partial charge in [0.15, 0.2) is 0 Å². The van der Waals surface area contributed by atoms with E-state index in [1.54, 1.807) is 6.07 Å². The second-order valence-corrected chi connectivity index (χ2v) is 8.77. The summed E-state index contributed by atoms with van der Waals surface area (Å²) in [6, 6.07) is 11.8. The Morgan fingerprint density at radius 3 is 2.44 bits per heavy atom. The molecule has 0 amide bonds. The van der Waals surface area contributed by atoms with Crippen LogP contribution in [-0.2, 0) is 22.9 Å². The number of aryl methyl sites for hydroxylation is 4. The zero-order chi connectivity index (χ0) is 18.0. The third-order valence-electron chi connectivity index (χ3n) is 5.11. The Bertz CT molecular complexity index is 871. The van der Waals surface area contributed by atoms with Crippen LogP contribution < -0.4 is 4.72 Å². The quantitative estimate of drug-likeness (QED) is 0.849. The molecule has 1 aliphatic carbocycles. The fourth-order valence-electron chi connectivity index (χ4n) is 3.60. The molecule has 0 spiro atoms. The molecule has 0 aromatic heterocycles. The van der Waals surface area contributed by atoms with Crippen molar-refractivity contribution in [1.29, 1.82) is 0 Å². The molecule has 2 aromatic rings. The van der Waals surface area contributed by atoms with Crippen LogP contribution in [0, 0.1) is 13.8 Å². The van der Waals surface area contributed by atoms with Crippen molar-refractivity contribution in [3.8, 4) is 0 Å². The lowest BCUT2D eigenvalue weighted by Crippen LogP contribution is -2.29. The average molecular weight is 358 g/mol. The fourth-order valence-corrected chi connectivity index (χ4v) is 5.24. The number of sulfonamides is 1. The maximum atomic E-state index is 12.9. The van der Waals surface area contributed by atoms with Crippen molar-refractivity contribution in [1.82, 2.24) is 4.72 Å². The van der Waals surface area contributed by atoms with Crippen molar-refractivity contribution in [3.05, 3.63) is 64.2 Å². The highest BCUT2D eigenvalue weighted by Crippen LogP contribution is 2.27. The van der Waals surface area contributed by atoms with Gasteiger partial charge in [-0.3, -0.25) is 0 Å². The first-order chi connectivity index (χ1) is 11.9. The molecule has 0 heterocycles. The number of benzene rings is 2. The van der Waals surface area contributed by atoms with E-state index in [1.807, 2.05) is 32.9 Å². The van der Waals surface area contributed by atoms with Gasteiger partial charge in [-0.2, -0.15) is 0 Å². The van der Waals surface area contributed by atoms with Gasteiger partial charge in [0.05, 0.1) is 4.90 Å². The van der Waals surface area contributed by atoms with Gasteiger partial charge in [0.25, 0.3) is 0 Å². The normalized spacial score (nSPS) is 15.6. The van der Waals surface area contributed by atoms with E-state index in [2.05, 4.69) is 22.9 Å². The van der Waals surface area contributed by atoms with Crippen molar-refractivity contribution in [3.63, 3.8) is 0 Å². The molecular weight excluding hydrogens is 330 g/mol. The molecule has 0 aliphatic heterocycles. The largest absolute Gasteiger partial charge is 0.241 e.